The molecule has 0 unspecified atom stereocenters. The molecule has 0 aliphatic heterocycles. The summed E-state index contributed by atoms with van der Waals surface area (Å²) in [6, 6.07) is 15.0. The van der Waals surface area contributed by atoms with Crippen LogP contribution in [0.15, 0.2) is 59.3 Å². The second-order valence-corrected chi connectivity index (χ2v) is 5.96. The maximum absolute atomic E-state index is 12.2. The second-order valence-electron chi connectivity index (χ2n) is 5.96. The van der Waals surface area contributed by atoms with Crippen molar-refractivity contribution in [1.29, 1.82) is 0 Å². The van der Waals surface area contributed by atoms with Crippen LogP contribution in [0.25, 0.3) is 22.3 Å². The first-order valence-electron chi connectivity index (χ1n) is 8.70. The van der Waals surface area contributed by atoms with E-state index in [0.717, 1.165) is 16.5 Å². The van der Waals surface area contributed by atoms with Crippen molar-refractivity contribution < 1.29 is 18.8 Å². The van der Waals surface area contributed by atoms with Gasteiger partial charge >= 0.3 is 11.8 Å². The van der Waals surface area contributed by atoms with Crippen LogP contribution in [-0.2, 0) is 0 Å². The average molecular weight is 378 g/mol. The molecule has 8 nitrogen and oxygen atoms in total. The lowest BCUT2D eigenvalue weighted by Crippen LogP contribution is -2.28. The zero-order chi connectivity index (χ0) is 19.3. The van der Waals surface area contributed by atoms with Crippen molar-refractivity contribution in [3.8, 4) is 22.9 Å². The molecule has 0 aliphatic rings. The van der Waals surface area contributed by atoms with E-state index in [1.54, 1.807) is 19.2 Å². The summed E-state index contributed by atoms with van der Waals surface area (Å²) in [4.78, 5) is 19.5. The summed E-state index contributed by atoms with van der Waals surface area (Å²) in [5.74, 6) is 1.04. The first-order valence-corrected chi connectivity index (χ1v) is 8.70. The Balaban J connectivity index is 1.34. The van der Waals surface area contributed by atoms with Crippen LogP contribution < -0.4 is 14.8 Å². The summed E-state index contributed by atoms with van der Waals surface area (Å²) in [7, 11) is 1.57. The Morgan fingerprint density at radius 3 is 2.89 bits per heavy atom. The number of ether oxygens (including phenoxy) is 2. The molecule has 0 atom stereocenters. The number of methoxy groups -OCH3 is 1. The quantitative estimate of drug-likeness (QED) is 0.479. The number of carbonyl (C=O) groups excluding carboxylic acids is 1. The van der Waals surface area contributed by atoms with Crippen molar-refractivity contribution in [3.63, 3.8) is 0 Å². The third-order valence-electron chi connectivity index (χ3n) is 4.15. The fourth-order valence-corrected chi connectivity index (χ4v) is 2.76. The molecule has 2 N–H and O–H groups in total. The topological polar surface area (TPSA) is 102 Å². The van der Waals surface area contributed by atoms with Gasteiger partial charge in [-0.1, -0.05) is 29.4 Å². The Morgan fingerprint density at radius 2 is 2.04 bits per heavy atom. The molecule has 0 saturated carbocycles. The minimum absolute atomic E-state index is 0.0983. The predicted molar refractivity (Wildman–Crippen MR) is 102 cm³/mol. The van der Waals surface area contributed by atoms with Crippen LogP contribution in [0.1, 0.15) is 10.7 Å². The summed E-state index contributed by atoms with van der Waals surface area (Å²) in [6.45, 7) is 0.555. The van der Waals surface area contributed by atoms with E-state index in [4.69, 9.17) is 14.0 Å². The number of aromatic nitrogens is 3. The number of hydrogen-bond acceptors (Lipinski definition) is 6. The molecule has 0 fully saturated rings. The Kier molecular flexibility index (Phi) is 4.92. The van der Waals surface area contributed by atoms with Crippen LogP contribution in [0.4, 0.5) is 0 Å². The Hall–Kier alpha value is -3.81. The summed E-state index contributed by atoms with van der Waals surface area (Å²) < 4.78 is 15.9. The van der Waals surface area contributed by atoms with Gasteiger partial charge in [-0.15, -0.1) is 0 Å². The van der Waals surface area contributed by atoms with Crippen LogP contribution in [-0.4, -0.2) is 41.3 Å². The minimum atomic E-state index is -0.455. The molecule has 0 saturated heterocycles. The summed E-state index contributed by atoms with van der Waals surface area (Å²) in [6.07, 6.45) is 1.86. The number of hydrogen-bond donors (Lipinski definition) is 2. The van der Waals surface area contributed by atoms with Gasteiger partial charge in [0.05, 0.1) is 13.7 Å². The van der Waals surface area contributed by atoms with Gasteiger partial charge in [-0.3, -0.25) is 4.79 Å². The lowest BCUT2D eigenvalue weighted by atomic mass is 10.1. The van der Waals surface area contributed by atoms with Gasteiger partial charge < -0.3 is 24.3 Å². The van der Waals surface area contributed by atoms with E-state index < -0.39 is 5.91 Å². The van der Waals surface area contributed by atoms with Gasteiger partial charge in [-0.2, -0.15) is 4.98 Å². The zero-order valence-electron chi connectivity index (χ0n) is 15.1. The highest BCUT2D eigenvalue weighted by Crippen LogP contribution is 2.25. The first-order chi connectivity index (χ1) is 13.7. The molecule has 2 aromatic carbocycles. The number of aromatic amines is 1. The van der Waals surface area contributed by atoms with Crippen LogP contribution >= 0.6 is 0 Å². The van der Waals surface area contributed by atoms with E-state index in [9.17, 15) is 4.79 Å². The lowest BCUT2D eigenvalue weighted by molar-refractivity contribution is 0.0903. The molecule has 4 rings (SSSR count). The maximum atomic E-state index is 12.2. The molecule has 0 aliphatic carbocycles. The third-order valence-corrected chi connectivity index (χ3v) is 4.15. The summed E-state index contributed by atoms with van der Waals surface area (Å²) in [5.41, 5.74) is 1.72. The highest BCUT2D eigenvalue weighted by atomic mass is 16.5. The fourth-order valence-electron chi connectivity index (χ4n) is 2.76. The van der Waals surface area contributed by atoms with Crippen LogP contribution in [0, 0.1) is 0 Å². The highest BCUT2D eigenvalue weighted by Gasteiger charge is 2.16. The highest BCUT2D eigenvalue weighted by molar-refractivity contribution is 5.90. The third kappa shape index (κ3) is 3.66. The molecule has 142 valence electrons. The number of nitrogens with zero attached hydrogens (tertiary/aromatic N) is 2. The van der Waals surface area contributed by atoms with Crippen LogP contribution in [0.3, 0.4) is 0 Å². The molecule has 1 amide bonds. The van der Waals surface area contributed by atoms with Crippen molar-refractivity contribution in [2.24, 2.45) is 0 Å². The molecule has 0 radical (unpaired) electrons. The molecule has 8 heteroatoms. The number of amides is 1. The molecular weight excluding hydrogens is 360 g/mol. The number of carbonyl (C=O) groups is 1. The van der Waals surface area contributed by atoms with Gasteiger partial charge in [0.1, 0.15) is 6.61 Å². The number of benzene rings is 2. The van der Waals surface area contributed by atoms with E-state index >= 15 is 0 Å². The molecule has 0 spiro atoms. The van der Waals surface area contributed by atoms with E-state index in [2.05, 4.69) is 20.4 Å². The van der Waals surface area contributed by atoms with Gasteiger partial charge in [0.25, 0.3) is 0 Å². The van der Waals surface area contributed by atoms with Crippen molar-refractivity contribution in [2.45, 2.75) is 0 Å². The van der Waals surface area contributed by atoms with Crippen LogP contribution in [0.5, 0.6) is 11.5 Å². The zero-order valence-corrected chi connectivity index (χ0v) is 15.1. The second kappa shape index (κ2) is 7.83. The predicted octanol–water partition coefficient (Wildman–Crippen LogP) is 3.04. The van der Waals surface area contributed by atoms with Crippen LogP contribution in [0.2, 0.25) is 0 Å². The number of nitrogens with one attached hydrogen (secondary N) is 2. The standard InChI is InChI=1S/C20H18N4O4/c1-26-16-4-2-3-5-17(16)27-11-10-22-19(25)20-23-18(24-28-20)14-7-6-13-8-9-21-15(13)12-14/h2-9,12,21H,10-11H2,1H3,(H,22,25). The van der Waals surface area contributed by atoms with Crippen molar-refractivity contribution in [2.75, 3.05) is 20.3 Å². The van der Waals surface area contributed by atoms with Crippen molar-refractivity contribution in [1.82, 2.24) is 20.4 Å². The largest absolute Gasteiger partial charge is 0.493 e. The van der Waals surface area contributed by atoms with E-state index in [-0.39, 0.29) is 19.0 Å². The van der Waals surface area contributed by atoms with E-state index in [1.165, 1.54) is 0 Å². The van der Waals surface area contributed by atoms with Gasteiger partial charge in [-0.05, 0) is 29.7 Å². The Bertz CT molecular complexity index is 1100. The monoisotopic (exact) mass is 378 g/mol. The maximum Gasteiger partial charge on any atom is 0.316 e. The normalized spacial score (nSPS) is 10.8. The SMILES string of the molecule is COc1ccccc1OCCNC(=O)c1nc(-c2ccc3cc[nH]c3c2)no1. The smallest absolute Gasteiger partial charge is 0.316 e. The molecule has 0 bridgehead atoms. The number of fused-ring (bicyclic) bond motifs is 1. The van der Waals surface area contributed by atoms with E-state index in [1.807, 2.05) is 42.6 Å². The molecule has 28 heavy (non-hydrogen) atoms. The van der Waals surface area contributed by atoms with Gasteiger partial charge in [0.15, 0.2) is 11.5 Å². The number of rotatable bonds is 7. The fraction of sp³-hybridized carbons (Fsp3) is 0.150. The molecule has 4 aromatic rings. The van der Waals surface area contributed by atoms with Gasteiger partial charge in [-0.25, -0.2) is 0 Å². The molecule has 2 aromatic heterocycles. The first kappa shape index (κ1) is 17.6. The van der Waals surface area contributed by atoms with Crippen molar-refractivity contribution in [3.05, 3.63) is 60.6 Å². The Morgan fingerprint density at radius 1 is 1.18 bits per heavy atom. The van der Waals surface area contributed by atoms with Crippen molar-refractivity contribution >= 4 is 16.8 Å². The average Bonchev–Trinajstić information content (AvgIpc) is 3.40. The molecular formula is C20H18N4O4. The van der Waals surface area contributed by atoms with Gasteiger partial charge in [0.2, 0.25) is 5.82 Å². The number of para-hydroxylation sites is 2. The molecule has 2 heterocycles. The van der Waals surface area contributed by atoms with Gasteiger partial charge in [0, 0.05) is 17.3 Å². The minimum Gasteiger partial charge on any atom is -0.493 e. The summed E-state index contributed by atoms with van der Waals surface area (Å²) in [5, 5.41) is 7.66. The number of H-pyrrole nitrogens is 1. The van der Waals surface area contributed by atoms with E-state index in [0.29, 0.717) is 17.3 Å². The lowest BCUT2D eigenvalue weighted by Gasteiger charge is -2.10. The summed E-state index contributed by atoms with van der Waals surface area (Å²) >= 11 is 0. The Labute approximate surface area is 160 Å².